The maximum Gasteiger partial charge on any atom is 0.260 e. The Balaban J connectivity index is 1.75. The maximum atomic E-state index is 12.3. The minimum absolute atomic E-state index is 0.0453. The van der Waals surface area contributed by atoms with E-state index in [1.807, 2.05) is 18.7 Å². The van der Waals surface area contributed by atoms with Crippen LogP contribution in [-0.2, 0) is 9.59 Å². The Morgan fingerprint density at radius 2 is 1.73 bits per heavy atom. The lowest BCUT2D eigenvalue weighted by Crippen LogP contribution is -2.52. The van der Waals surface area contributed by atoms with Gasteiger partial charge in [-0.25, -0.2) is 0 Å². The summed E-state index contributed by atoms with van der Waals surface area (Å²) in [6, 6.07) is 4.90. The second-order valence-electron chi connectivity index (χ2n) is 6.09. The highest BCUT2D eigenvalue weighted by atomic mass is 35.5. The van der Waals surface area contributed by atoms with Crippen molar-refractivity contribution in [2.75, 3.05) is 52.4 Å². The van der Waals surface area contributed by atoms with Crippen LogP contribution in [0.3, 0.4) is 0 Å². The van der Waals surface area contributed by atoms with Gasteiger partial charge in [-0.15, -0.1) is 0 Å². The van der Waals surface area contributed by atoms with Crippen molar-refractivity contribution in [1.82, 2.24) is 14.7 Å². The predicted molar refractivity (Wildman–Crippen MR) is 103 cm³/mol. The van der Waals surface area contributed by atoms with E-state index in [0.717, 1.165) is 13.1 Å². The number of rotatable bonds is 7. The number of nitrogens with zero attached hydrogens (tertiary/aromatic N) is 3. The standard InChI is InChI=1S/C18H25Cl2N3O3/c1-3-22(4-2)17(24)12-21-7-9-23(10-8-21)18(25)13-26-14-5-6-15(19)16(20)11-14/h5-6,11H,3-4,7-10,12-13H2,1-2H3. The molecule has 0 radical (unpaired) electrons. The molecular weight excluding hydrogens is 377 g/mol. The van der Waals surface area contributed by atoms with Gasteiger partial charge in [0.25, 0.3) is 5.91 Å². The Morgan fingerprint density at radius 1 is 1.08 bits per heavy atom. The van der Waals surface area contributed by atoms with E-state index in [-0.39, 0.29) is 18.4 Å². The summed E-state index contributed by atoms with van der Waals surface area (Å²) in [6.07, 6.45) is 0. The maximum absolute atomic E-state index is 12.3. The van der Waals surface area contributed by atoms with Crippen molar-refractivity contribution in [3.05, 3.63) is 28.2 Å². The molecule has 2 amide bonds. The highest BCUT2D eigenvalue weighted by molar-refractivity contribution is 6.42. The summed E-state index contributed by atoms with van der Waals surface area (Å²) in [6.45, 7) is 8.32. The van der Waals surface area contributed by atoms with Gasteiger partial charge in [0.1, 0.15) is 5.75 Å². The van der Waals surface area contributed by atoms with Crippen molar-refractivity contribution in [3.8, 4) is 5.75 Å². The van der Waals surface area contributed by atoms with E-state index in [0.29, 0.717) is 48.5 Å². The van der Waals surface area contributed by atoms with E-state index in [2.05, 4.69) is 4.90 Å². The molecule has 0 unspecified atom stereocenters. The number of likely N-dealkylation sites (N-methyl/N-ethyl adjacent to an activating group) is 1. The molecule has 26 heavy (non-hydrogen) atoms. The number of hydrogen-bond acceptors (Lipinski definition) is 4. The van der Waals surface area contributed by atoms with Crippen LogP contribution in [0.2, 0.25) is 10.0 Å². The number of carbonyl (C=O) groups excluding carboxylic acids is 2. The fourth-order valence-corrected chi connectivity index (χ4v) is 3.11. The Hall–Kier alpha value is -1.50. The first-order valence-electron chi connectivity index (χ1n) is 8.80. The molecular formula is C18H25Cl2N3O3. The van der Waals surface area contributed by atoms with Gasteiger partial charge in [-0.2, -0.15) is 0 Å². The second kappa shape index (κ2) is 10.00. The molecule has 0 bridgehead atoms. The smallest absolute Gasteiger partial charge is 0.260 e. The number of halogens is 2. The van der Waals surface area contributed by atoms with Crippen LogP contribution in [0.25, 0.3) is 0 Å². The third kappa shape index (κ3) is 5.76. The van der Waals surface area contributed by atoms with E-state index >= 15 is 0 Å². The number of amides is 2. The first kappa shape index (κ1) is 20.8. The molecule has 1 fully saturated rings. The molecule has 0 atom stereocenters. The SMILES string of the molecule is CCN(CC)C(=O)CN1CCN(C(=O)COc2ccc(Cl)c(Cl)c2)CC1. The van der Waals surface area contributed by atoms with Crippen LogP contribution in [0, 0.1) is 0 Å². The van der Waals surface area contributed by atoms with E-state index in [1.54, 1.807) is 23.1 Å². The van der Waals surface area contributed by atoms with Gasteiger partial charge in [0.15, 0.2) is 6.61 Å². The third-order valence-electron chi connectivity index (χ3n) is 4.45. The van der Waals surface area contributed by atoms with Crippen LogP contribution in [-0.4, -0.2) is 78.9 Å². The van der Waals surface area contributed by atoms with Crippen molar-refractivity contribution in [1.29, 1.82) is 0 Å². The zero-order chi connectivity index (χ0) is 19.1. The van der Waals surface area contributed by atoms with Crippen molar-refractivity contribution in [3.63, 3.8) is 0 Å². The first-order chi connectivity index (χ1) is 12.4. The molecule has 1 aliphatic rings. The van der Waals surface area contributed by atoms with Gasteiger partial charge in [0.05, 0.1) is 16.6 Å². The Bertz CT molecular complexity index is 630. The molecule has 8 heteroatoms. The van der Waals surface area contributed by atoms with Gasteiger partial charge >= 0.3 is 0 Å². The minimum atomic E-state index is -0.0780. The number of piperazine rings is 1. The van der Waals surface area contributed by atoms with Crippen molar-refractivity contribution < 1.29 is 14.3 Å². The summed E-state index contributed by atoms with van der Waals surface area (Å²) in [4.78, 5) is 30.1. The quantitative estimate of drug-likeness (QED) is 0.703. The summed E-state index contributed by atoms with van der Waals surface area (Å²) in [5.74, 6) is 0.569. The number of carbonyl (C=O) groups is 2. The van der Waals surface area contributed by atoms with Crippen LogP contribution in [0.4, 0.5) is 0 Å². The normalized spacial score (nSPS) is 15.0. The number of ether oxygens (including phenoxy) is 1. The van der Waals surface area contributed by atoms with Crippen LogP contribution in [0.5, 0.6) is 5.75 Å². The summed E-state index contributed by atoms with van der Waals surface area (Å²) < 4.78 is 5.50. The van der Waals surface area contributed by atoms with E-state index in [1.165, 1.54) is 0 Å². The van der Waals surface area contributed by atoms with Crippen LogP contribution < -0.4 is 4.74 Å². The zero-order valence-corrected chi connectivity index (χ0v) is 16.7. The average Bonchev–Trinajstić information content (AvgIpc) is 2.64. The number of hydrogen-bond donors (Lipinski definition) is 0. The molecule has 144 valence electrons. The lowest BCUT2D eigenvalue weighted by molar-refractivity contribution is -0.136. The molecule has 0 N–H and O–H groups in total. The molecule has 2 rings (SSSR count). The van der Waals surface area contributed by atoms with Crippen molar-refractivity contribution >= 4 is 35.0 Å². The van der Waals surface area contributed by atoms with Crippen LogP contribution >= 0.6 is 23.2 Å². The van der Waals surface area contributed by atoms with Gasteiger partial charge in [0.2, 0.25) is 5.91 Å². The highest BCUT2D eigenvalue weighted by Gasteiger charge is 2.23. The third-order valence-corrected chi connectivity index (χ3v) is 5.19. The molecule has 1 aromatic rings. The molecule has 0 saturated carbocycles. The monoisotopic (exact) mass is 401 g/mol. The fraction of sp³-hybridized carbons (Fsp3) is 0.556. The van der Waals surface area contributed by atoms with E-state index < -0.39 is 0 Å². The topological polar surface area (TPSA) is 53.1 Å². The zero-order valence-electron chi connectivity index (χ0n) is 15.2. The second-order valence-corrected chi connectivity index (χ2v) is 6.90. The lowest BCUT2D eigenvalue weighted by atomic mass is 10.3. The average molecular weight is 402 g/mol. The summed E-state index contributed by atoms with van der Waals surface area (Å²) in [5, 5.41) is 0.837. The minimum Gasteiger partial charge on any atom is -0.484 e. The molecule has 1 heterocycles. The molecule has 0 spiro atoms. The highest BCUT2D eigenvalue weighted by Crippen LogP contribution is 2.26. The molecule has 1 aromatic carbocycles. The predicted octanol–water partition coefficient (Wildman–Crippen LogP) is 2.38. The first-order valence-corrected chi connectivity index (χ1v) is 9.56. The molecule has 1 aliphatic heterocycles. The van der Waals surface area contributed by atoms with Crippen LogP contribution in [0.1, 0.15) is 13.8 Å². The van der Waals surface area contributed by atoms with E-state index in [9.17, 15) is 9.59 Å². The molecule has 6 nitrogen and oxygen atoms in total. The van der Waals surface area contributed by atoms with Gasteiger partial charge < -0.3 is 14.5 Å². The molecule has 1 saturated heterocycles. The Kier molecular flexibility index (Phi) is 8.00. The number of benzene rings is 1. The summed E-state index contributed by atoms with van der Waals surface area (Å²) in [5.41, 5.74) is 0. The van der Waals surface area contributed by atoms with E-state index in [4.69, 9.17) is 27.9 Å². The molecule has 0 aromatic heterocycles. The van der Waals surface area contributed by atoms with Crippen molar-refractivity contribution in [2.45, 2.75) is 13.8 Å². The largest absolute Gasteiger partial charge is 0.484 e. The van der Waals surface area contributed by atoms with Gasteiger partial charge in [-0.05, 0) is 26.0 Å². The fourth-order valence-electron chi connectivity index (χ4n) is 2.83. The Morgan fingerprint density at radius 3 is 2.31 bits per heavy atom. The van der Waals surface area contributed by atoms with Crippen LogP contribution in [0.15, 0.2) is 18.2 Å². The van der Waals surface area contributed by atoms with Gasteiger partial charge in [-0.3, -0.25) is 14.5 Å². The molecule has 0 aliphatic carbocycles. The van der Waals surface area contributed by atoms with Gasteiger partial charge in [-0.1, -0.05) is 23.2 Å². The summed E-state index contributed by atoms with van der Waals surface area (Å²) in [7, 11) is 0. The van der Waals surface area contributed by atoms with Gasteiger partial charge in [0, 0.05) is 45.3 Å². The summed E-state index contributed by atoms with van der Waals surface area (Å²) >= 11 is 11.8. The van der Waals surface area contributed by atoms with Crippen molar-refractivity contribution in [2.24, 2.45) is 0 Å². The lowest BCUT2D eigenvalue weighted by Gasteiger charge is -2.35. The Labute approximate surface area is 164 Å².